The molecule has 0 fully saturated rings. The van der Waals surface area contributed by atoms with Crippen LogP contribution in [0.4, 0.5) is 0 Å². The number of rotatable bonds is 6. The van der Waals surface area contributed by atoms with Crippen LogP contribution < -0.4 is 5.32 Å². The summed E-state index contributed by atoms with van der Waals surface area (Å²) in [5.74, 6) is -0.127. The molecule has 0 atom stereocenters. The van der Waals surface area contributed by atoms with Gasteiger partial charge in [-0.1, -0.05) is 23.7 Å². The van der Waals surface area contributed by atoms with Crippen LogP contribution in [0, 0.1) is 0 Å². The van der Waals surface area contributed by atoms with E-state index in [0.29, 0.717) is 18.0 Å². The Hall–Kier alpha value is -1.32. The summed E-state index contributed by atoms with van der Waals surface area (Å²) < 4.78 is 0. The van der Waals surface area contributed by atoms with E-state index in [1.54, 1.807) is 18.2 Å². The number of benzene rings is 1. The third-order valence-corrected chi connectivity index (χ3v) is 2.43. The lowest BCUT2D eigenvalue weighted by molar-refractivity contribution is -0.116. The van der Waals surface area contributed by atoms with Gasteiger partial charge in [0, 0.05) is 24.3 Å². The Labute approximate surface area is 106 Å². The van der Waals surface area contributed by atoms with E-state index in [0.717, 1.165) is 12.0 Å². The second-order valence-electron chi connectivity index (χ2n) is 3.61. The van der Waals surface area contributed by atoms with Crippen molar-refractivity contribution in [3.05, 3.63) is 40.9 Å². The molecule has 0 aromatic heterocycles. The molecule has 0 saturated carbocycles. The van der Waals surface area contributed by atoms with E-state index in [1.165, 1.54) is 6.08 Å². The maximum Gasteiger partial charge on any atom is 0.243 e. The smallest absolute Gasteiger partial charge is 0.243 e. The lowest BCUT2D eigenvalue weighted by Gasteiger charge is -2.00. The summed E-state index contributed by atoms with van der Waals surface area (Å²) in [4.78, 5) is 11.4. The molecule has 92 valence electrons. The maximum atomic E-state index is 11.4. The molecular formula is C13H16ClNO2. The van der Waals surface area contributed by atoms with Gasteiger partial charge in [-0.25, -0.2) is 0 Å². The third kappa shape index (κ3) is 6.09. The first-order valence-electron chi connectivity index (χ1n) is 5.54. The molecular weight excluding hydrogens is 238 g/mol. The molecule has 0 aliphatic rings. The largest absolute Gasteiger partial charge is 0.396 e. The van der Waals surface area contributed by atoms with Gasteiger partial charge in [0.1, 0.15) is 0 Å². The number of amides is 1. The van der Waals surface area contributed by atoms with Crippen LogP contribution in [0.25, 0.3) is 6.08 Å². The van der Waals surface area contributed by atoms with Gasteiger partial charge in [0.2, 0.25) is 5.91 Å². The van der Waals surface area contributed by atoms with Crippen molar-refractivity contribution in [1.29, 1.82) is 0 Å². The van der Waals surface area contributed by atoms with E-state index in [4.69, 9.17) is 16.7 Å². The Morgan fingerprint density at radius 1 is 1.29 bits per heavy atom. The van der Waals surface area contributed by atoms with Crippen LogP contribution in [-0.2, 0) is 4.79 Å². The first-order chi connectivity index (χ1) is 8.22. The molecule has 3 nitrogen and oxygen atoms in total. The van der Waals surface area contributed by atoms with Crippen molar-refractivity contribution in [2.45, 2.75) is 12.8 Å². The van der Waals surface area contributed by atoms with Crippen LogP contribution in [0.3, 0.4) is 0 Å². The Morgan fingerprint density at radius 3 is 2.65 bits per heavy atom. The molecule has 17 heavy (non-hydrogen) atoms. The summed E-state index contributed by atoms with van der Waals surface area (Å²) in [5, 5.41) is 12.0. The van der Waals surface area contributed by atoms with Gasteiger partial charge < -0.3 is 10.4 Å². The number of hydrogen-bond acceptors (Lipinski definition) is 2. The highest BCUT2D eigenvalue weighted by atomic mass is 35.5. The number of aliphatic hydroxyl groups excluding tert-OH is 1. The zero-order valence-corrected chi connectivity index (χ0v) is 10.3. The molecule has 1 aromatic rings. The van der Waals surface area contributed by atoms with Crippen LogP contribution >= 0.6 is 11.6 Å². The van der Waals surface area contributed by atoms with E-state index in [2.05, 4.69) is 5.32 Å². The van der Waals surface area contributed by atoms with E-state index >= 15 is 0 Å². The van der Waals surface area contributed by atoms with Gasteiger partial charge in [-0.05, 0) is 36.6 Å². The number of aliphatic hydroxyl groups is 1. The van der Waals surface area contributed by atoms with Crippen molar-refractivity contribution in [3.8, 4) is 0 Å². The number of carbonyl (C=O) groups excluding carboxylic acids is 1. The minimum absolute atomic E-state index is 0.127. The van der Waals surface area contributed by atoms with Crippen LogP contribution in [0.1, 0.15) is 18.4 Å². The van der Waals surface area contributed by atoms with Crippen LogP contribution in [0.5, 0.6) is 0 Å². The summed E-state index contributed by atoms with van der Waals surface area (Å²) in [5.41, 5.74) is 0.930. The summed E-state index contributed by atoms with van der Waals surface area (Å²) in [6.07, 6.45) is 4.72. The lowest BCUT2D eigenvalue weighted by Crippen LogP contribution is -2.22. The lowest BCUT2D eigenvalue weighted by atomic mass is 10.2. The topological polar surface area (TPSA) is 49.3 Å². The average Bonchev–Trinajstić information content (AvgIpc) is 2.34. The molecule has 1 rings (SSSR count). The maximum absolute atomic E-state index is 11.4. The predicted molar refractivity (Wildman–Crippen MR) is 69.8 cm³/mol. The first-order valence-corrected chi connectivity index (χ1v) is 5.92. The SMILES string of the molecule is O=C(/C=C/c1ccc(Cl)cc1)NCCCCO. The van der Waals surface area contributed by atoms with Crippen molar-refractivity contribution >= 4 is 23.6 Å². The minimum atomic E-state index is -0.127. The summed E-state index contributed by atoms with van der Waals surface area (Å²) in [6, 6.07) is 7.25. The van der Waals surface area contributed by atoms with Gasteiger partial charge >= 0.3 is 0 Å². The molecule has 1 amide bonds. The summed E-state index contributed by atoms with van der Waals surface area (Å²) >= 11 is 5.75. The Balaban J connectivity index is 2.32. The van der Waals surface area contributed by atoms with Crippen molar-refractivity contribution in [3.63, 3.8) is 0 Å². The van der Waals surface area contributed by atoms with Crippen molar-refractivity contribution < 1.29 is 9.90 Å². The number of carbonyl (C=O) groups is 1. The van der Waals surface area contributed by atoms with Gasteiger partial charge in [-0.3, -0.25) is 4.79 Å². The quantitative estimate of drug-likeness (QED) is 0.603. The molecule has 0 heterocycles. The van der Waals surface area contributed by atoms with Crippen LogP contribution in [-0.4, -0.2) is 24.2 Å². The molecule has 2 N–H and O–H groups in total. The molecule has 0 radical (unpaired) electrons. The van der Waals surface area contributed by atoms with E-state index in [-0.39, 0.29) is 12.5 Å². The Kier molecular flexibility index (Phi) is 6.37. The van der Waals surface area contributed by atoms with Crippen LogP contribution in [0.2, 0.25) is 5.02 Å². The van der Waals surface area contributed by atoms with Crippen molar-refractivity contribution in [1.82, 2.24) is 5.32 Å². The van der Waals surface area contributed by atoms with Gasteiger partial charge in [-0.2, -0.15) is 0 Å². The molecule has 0 aliphatic heterocycles. The highest BCUT2D eigenvalue weighted by molar-refractivity contribution is 6.30. The average molecular weight is 254 g/mol. The monoisotopic (exact) mass is 253 g/mol. The third-order valence-electron chi connectivity index (χ3n) is 2.18. The molecule has 0 unspecified atom stereocenters. The van der Waals surface area contributed by atoms with Crippen LogP contribution in [0.15, 0.2) is 30.3 Å². The first kappa shape index (κ1) is 13.7. The fourth-order valence-corrected chi connectivity index (χ4v) is 1.38. The zero-order valence-electron chi connectivity index (χ0n) is 9.53. The number of nitrogens with one attached hydrogen (secondary N) is 1. The number of halogens is 1. The second-order valence-corrected chi connectivity index (χ2v) is 4.04. The Morgan fingerprint density at radius 2 is 2.00 bits per heavy atom. The van der Waals surface area contributed by atoms with Gasteiger partial charge in [-0.15, -0.1) is 0 Å². The van der Waals surface area contributed by atoms with Gasteiger partial charge in [0.15, 0.2) is 0 Å². The molecule has 0 aliphatic carbocycles. The fourth-order valence-electron chi connectivity index (χ4n) is 1.25. The standard InChI is InChI=1S/C13H16ClNO2/c14-12-6-3-11(4-7-12)5-8-13(17)15-9-1-2-10-16/h3-8,16H,1-2,9-10H2,(H,15,17)/b8-5+. The molecule has 4 heteroatoms. The normalized spacial score (nSPS) is 10.7. The van der Waals surface area contributed by atoms with Gasteiger partial charge in [0.05, 0.1) is 0 Å². The van der Waals surface area contributed by atoms with E-state index < -0.39 is 0 Å². The molecule has 0 spiro atoms. The Bertz CT molecular complexity index is 374. The van der Waals surface area contributed by atoms with Gasteiger partial charge in [0.25, 0.3) is 0 Å². The summed E-state index contributed by atoms with van der Waals surface area (Å²) in [7, 11) is 0. The number of unbranched alkanes of at least 4 members (excludes halogenated alkanes) is 1. The fraction of sp³-hybridized carbons (Fsp3) is 0.308. The van der Waals surface area contributed by atoms with E-state index in [9.17, 15) is 4.79 Å². The molecule has 1 aromatic carbocycles. The number of hydrogen-bond donors (Lipinski definition) is 2. The predicted octanol–water partition coefficient (Wildman–Crippen LogP) is 2.24. The van der Waals surface area contributed by atoms with Crippen molar-refractivity contribution in [2.75, 3.05) is 13.2 Å². The van der Waals surface area contributed by atoms with Crippen molar-refractivity contribution in [2.24, 2.45) is 0 Å². The highest BCUT2D eigenvalue weighted by Gasteiger charge is 1.94. The second kappa shape index (κ2) is 7.87. The molecule has 0 saturated heterocycles. The summed E-state index contributed by atoms with van der Waals surface area (Å²) in [6.45, 7) is 0.751. The molecule has 0 bridgehead atoms. The van der Waals surface area contributed by atoms with E-state index in [1.807, 2.05) is 12.1 Å². The zero-order chi connectivity index (χ0) is 12.5. The minimum Gasteiger partial charge on any atom is -0.396 e. The highest BCUT2D eigenvalue weighted by Crippen LogP contribution is 2.10.